The summed E-state index contributed by atoms with van der Waals surface area (Å²) in [6, 6.07) is 17.1. The fourth-order valence-corrected chi connectivity index (χ4v) is 2.90. The molecular weight excluding hydrogens is 350 g/mol. The summed E-state index contributed by atoms with van der Waals surface area (Å²) >= 11 is 0. The molecule has 1 atom stereocenters. The van der Waals surface area contributed by atoms with Gasteiger partial charge in [-0.3, -0.25) is 4.90 Å². The Labute approximate surface area is 154 Å². The summed E-state index contributed by atoms with van der Waals surface area (Å²) in [5.74, 6) is 0.157. The predicted octanol–water partition coefficient (Wildman–Crippen LogP) is 2.51. The highest BCUT2D eigenvalue weighted by molar-refractivity contribution is 5.91. The molecule has 0 aliphatic carbocycles. The van der Waals surface area contributed by atoms with Crippen molar-refractivity contribution in [1.29, 1.82) is 0 Å². The Bertz CT molecular complexity index is 982. The van der Waals surface area contributed by atoms with E-state index in [-0.39, 0.29) is 12.3 Å². The molecule has 138 valence electrons. The molecule has 2 heterocycles. The van der Waals surface area contributed by atoms with Crippen LogP contribution < -0.4 is 15.4 Å². The molecule has 8 heteroatoms. The van der Waals surface area contributed by atoms with E-state index in [0.29, 0.717) is 24.6 Å². The number of benzene rings is 2. The number of H-pyrrole nitrogens is 1. The highest BCUT2D eigenvalue weighted by Gasteiger charge is 2.34. The molecule has 0 spiro atoms. The van der Waals surface area contributed by atoms with Crippen molar-refractivity contribution in [2.24, 2.45) is 0 Å². The van der Waals surface area contributed by atoms with Crippen molar-refractivity contribution in [3.63, 3.8) is 0 Å². The zero-order valence-electron chi connectivity index (χ0n) is 14.3. The normalized spacial score (nSPS) is 16.4. The van der Waals surface area contributed by atoms with E-state index in [1.807, 2.05) is 48.5 Å². The summed E-state index contributed by atoms with van der Waals surface area (Å²) in [4.78, 5) is 24.9. The van der Waals surface area contributed by atoms with Crippen molar-refractivity contribution in [3.8, 4) is 5.75 Å². The van der Waals surface area contributed by atoms with Crippen LogP contribution in [0.4, 0.5) is 10.5 Å². The van der Waals surface area contributed by atoms with Gasteiger partial charge in [0.05, 0.1) is 18.7 Å². The van der Waals surface area contributed by atoms with Crippen LogP contribution in [0.1, 0.15) is 11.5 Å². The largest absolute Gasteiger partial charge is 0.487 e. The number of aromatic nitrogens is 2. The van der Waals surface area contributed by atoms with Crippen LogP contribution in [-0.4, -0.2) is 28.9 Å². The summed E-state index contributed by atoms with van der Waals surface area (Å²) in [7, 11) is 0. The lowest BCUT2D eigenvalue weighted by Crippen LogP contribution is -2.25. The number of ether oxygens (including phenoxy) is 2. The number of aromatic amines is 1. The molecule has 1 saturated heterocycles. The molecule has 1 unspecified atom stereocenters. The van der Waals surface area contributed by atoms with Gasteiger partial charge in [0.15, 0.2) is 0 Å². The second kappa shape index (κ2) is 7.36. The first kappa shape index (κ1) is 16.9. The SMILES string of the molecule is O=C1OC(Cc2n[nH]c(=O)o2)CN1c1ccccc1OCc1ccccc1. The van der Waals surface area contributed by atoms with Crippen molar-refractivity contribution in [1.82, 2.24) is 10.2 Å². The second-order valence-corrected chi connectivity index (χ2v) is 6.07. The average molecular weight is 367 g/mol. The maximum Gasteiger partial charge on any atom is 0.434 e. The first-order chi connectivity index (χ1) is 13.2. The van der Waals surface area contributed by atoms with Gasteiger partial charge in [-0.1, -0.05) is 42.5 Å². The van der Waals surface area contributed by atoms with E-state index in [4.69, 9.17) is 13.9 Å². The summed E-state index contributed by atoms with van der Waals surface area (Å²) < 4.78 is 16.2. The van der Waals surface area contributed by atoms with Gasteiger partial charge in [0.25, 0.3) is 0 Å². The van der Waals surface area contributed by atoms with E-state index in [9.17, 15) is 9.59 Å². The molecular formula is C19H17N3O5. The lowest BCUT2D eigenvalue weighted by atomic mass is 10.2. The van der Waals surface area contributed by atoms with Crippen molar-refractivity contribution in [2.45, 2.75) is 19.1 Å². The van der Waals surface area contributed by atoms with Gasteiger partial charge >= 0.3 is 11.8 Å². The van der Waals surface area contributed by atoms with Crippen LogP contribution in [0.25, 0.3) is 0 Å². The number of nitrogens with zero attached hydrogens (tertiary/aromatic N) is 2. The van der Waals surface area contributed by atoms with Crippen LogP contribution in [0.3, 0.4) is 0 Å². The predicted molar refractivity (Wildman–Crippen MR) is 95.7 cm³/mol. The molecule has 1 aliphatic heterocycles. The van der Waals surface area contributed by atoms with Crippen LogP contribution in [0, 0.1) is 0 Å². The molecule has 3 aromatic rings. The van der Waals surface area contributed by atoms with E-state index in [1.54, 1.807) is 6.07 Å². The summed E-state index contributed by atoms with van der Waals surface area (Å²) in [5.41, 5.74) is 1.66. The topological polar surface area (TPSA) is 97.7 Å². The molecule has 1 aliphatic rings. The summed E-state index contributed by atoms with van der Waals surface area (Å²) in [6.45, 7) is 0.698. The van der Waals surface area contributed by atoms with Crippen LogP contribution in [0.15, 0.2) is 63.8 Å². The Balaban J connectivity index is 1.47. The molecule has 4 rings (SSSR count). The Morgan fingerprint density at radius 3 is 2.67 bits per heavy atom. The molecule has 2 aromatic carbocycles. The van der Waals surface area contributed by atoms with Gasteiger partial charge in [-0.15, -0.1) is 5.10 Å². The van der Waals surface area contributed by atoms with Gasteiger partial charge in [0, 0.05) is 0 Å². The number of carbonyl (C=O) groups excluding carboxylic acids is 1. The smallest absolute Gasteiger partial charge is 0.434 e. The van der Waals surface area contributed by atoms with Crippen molar-refractivity contribution in [2.75, 3.05) is 11.4 Å². The number of amides is 1. The fourth-order valence-electron chi connectivity index (χ4n) is 2.90. The van der Waals surface area contributed by atoms with Crippen molar-refractivity contribution >= 4 is 11.8 Å². The Morgan fingerprint density at radius 2 is 1.89 bits per heavy atom. The van der Waals surface area contributed by atoms with Crippen molar-refractivity contribution in [3.05, 3.63) is 76.6 Å². The molecule has 1 amide bonds. The molecule has 0 radical (unpaired) electrons. The van der Waals surface area contributed by atoms with E-state index >= 15 is 0 Å². The van der Waals surface area contributed by atoms with Gasteiger partial charge in [-0.05, 0) is 17.7 Å². The van der Waals surface area contributed by atoms with Crippen LogP contribution >= 0.6 is 0 Å². The maximum atomic E-state index is 12.3. The van der Waals surface area contributed by atoms with E-state index < -0.39 is 18.0 Å². The van der Waals surface area contributed by atoms with Crippen LogP contribution in [0.5, 0.6) is 5.75 Å². The third kappa shape index (κ3) is 3.84. The lowest BCUT2D eigenvalue weighted by molar-refractivity contribution is 0.137. The summed E-state index contributed by atoms with van der Waals surface area (Å²) in [6.07, 6.45) is -0.728. The number of anilines is 1. The standard InChI is InChI=1S/C19H17N3O5/c23-18-21-20-17(27-18)10-14-11-22(19(24)26-14)15-8-4-5-9-16(15)25-12-13-6-2-1-3-7-13/h1-9,14H,10-12H2,(H,21,23). The number of nitrogens with one attached hydrogen (secondary N) is 1. The average Bonchev–Trinajstić information content (AvgIpc) is 3.26. The molecule has 1 fully saturated rings. The Morgan fingerprint density at radius 1 is 1.11 bits per heavy atom. The Hall–Kier alpha value is -3.55. The van der Waals surface area contributed by atoms with Crippen LogP contribution in [0.2, 0.25) is 0 Å². The zero-order chi connectivity index (χ0) is 18.6. The number of carbonyl (C=O) groups is 1. The van der Waals surface area contributed by atoms with Gasteiger partial charge in [0.2, 0.25) is 5.89 Å². The minimum absolute atomic E-state index is 0.202. The summed E-state index contributed by atoms with van der Waals surface area (Å²) in [5, 5.41) is 5.94. The molecule has 1 aromatic heterocycles. The first-order valence-corrected chi connectivity index (χ1v) is 8.47. The molecule has 0 saturated carbocycles. The zero-order valence-corrected chi connectivity index (χ0v) is 14.3. The van der Waals surface area contributed by atoms with E-state index in [1.165, 1.54) is 4.90 Å². The number of para-hydroxylation sites is 2. The highest BCUT2D eigenvalue weighted by atomic mass is 16.6. The van der Waals surface area contributed by atoms with Crippen molar-refractivity contribution < 1.29 is 18.7 Å². The number of hydrogen-bond acceptors (Lipinski definition) is 6. The minimum atomic E-state index is -0.633. The minimum Gasteiger partial charge on any atom is -0.487 e. The quantitative estimate of drug-likeness (QED) is 0.719. The van der Waals surface area contributed by atoms with Crippen LogP contribution in [-0.2, 0) is 17.8 Å². The Kier molecular flexibility index (Phi) is 4.61. The molecule has 1 N–H and O–H groups in total. The van der Waals surface area contributed by atoms with E-state index in [0.717, 1.165) is 5.56 Å². The second-order valence-electron chi connectivity index (χ2n) is 6.07. The maximum absolute atomic E-state index is 12.3. The lowest BCUT2D eigenvalue weighted by Gasteiger charge is -2.17. The first-order valence-electron chi connectivity index (χ1n) is 8.47. The molecule has 27 heavy (non-hydrogen) atoms. The van der Waals surface area contributed by atoms with Gasteiger partial charge < -0.3 is 13.9 Å². The van der Waals surface area contributed by atoms with E-state index in [2.05, 4.69) is 10.2 Å². The van der Waals surface area contributed by atoms with Gasteiger partial charge in [-0.2, -0.15) is 0 Å². The molecule has 0 bridgehead atoms. The van der Waals surface area contributed by atoms with Gasteiger partial charge in [-0.25, -0.2) is 14.7 Å². The highest BCUT2D eigenvalue weighted by Crippen LogP contribution is 2.32. The molecule has 8 nitrogen and oxygen atoms in total. The number of cyclic esters (lactones) is 1. The monoisotopic (exact) mass is 367 g/mol. The third-order valence-corrected chi connectivity index (χ3v) is 4.15. The number of hydrogen-bond donors (Lipinski definition) is 1. The third-order valence-electron chi connectivity index (χ3n) is 4.15. The fraction of sp³-hybridized carbons (Fsp3) is 0.211. The van der Waals surface area contributed by atoms with Gasteiger partial charge in [0.1, 0.15) is 18.5 Å². The number of rotatable bonds is 6.